The third-order valence-corrected chi connectivity index (χ3v) is 8.30. The van der Waals surface area contributed by atoms with E-state index in [2.05, 4.69) is 55.4 Å². The molecule has 0 rings (SSSR count). The molecule has 0 bridgehead atoms. The standard InChI is InChI=1S/C16H35O3P.C8H20N/c1-5-9-11-15(7-3)13-19-20(17,18)14-16(8-4)12-10-6-2;1-5-9(6-2,7-3)8-4/h15-16H,5-14H2,1-4H3,(H,17,18);5-8H2,1-4H3/q;+1. The highest BCUT2D eigenvalue weighted by atomic mass is 31.2. The SMILES string of the molecule is CCCCC(CC)COP(=O)(O)CC(CC)CCCC.CC[N+](CC)(CC)CC. The molecule has 4 nitrogen and oxygen atoms in total. The Bertz CT molecular complexity index is 382. The molecule has 29 heavy (non-hydrogen) atoms. The minimum Gasteiger partial charge on any atom is -0.325 e. The van der Waals surface area contributed by atoms with Crippen LogP contribution in [0.15, 0.2) is 0 Å². The summed E-state index contributed by atoms with van der Waals surface area (Å²) in [7, 11) is -3.40. The maximum Gasteiger partial charge on any atom is 0.328 e. The minimum absolute atomic E-state index is 0.321. The van der Waals surface area contributed by atoms with Crippen molar-refractivity contribution in [2.24, 2.45) is 11.8 Å². The molecule has 3 atom stereocenters. The van der Waals surface area contributed by atoms with Crippen LogP contribution in [0.1, 0.15) is 107 Å². The van der Waals surface area contributed by atoms with Crippen LogP contribution in [0.25, 0.3) is 0 Å². The Balaban J connectivity index is 0. The Kier molecular flexibility index (Phi) is 20.3. The van der Waals surface area contributed by atoms with Crippen molar-refractivity contribution < 1.29 is 18.5 Å². The summed E-state index contributed by atoms with van der Waals surface area (Å²) in [6, 6.07) is 0. The number of nitrogens with zero attached hydrogens (tertiary/aromatic N) is 1. The second-order valence-corrected chi connectivity index (χ2v) is 10.5. The van der Waals surface area contributed by atoms with Gasteiger partial charge < -0.3 is 13.9 Å². The van der Waals surface area contributed by atoms with Gasteiger partial charge >= 0.3 is 7.60 Å². The van der Waals surface area contributed by atoms with Gasteiger partial charge in [-0.25, -0.2) is 0 Å². The van der Waals surface area contributed by atoms with Gasteiger partial charge in [-0.15, -0.1) is 0 Å². The van der Waals surface area contributed by atoms with Crippen LogP contribution in [0.3, 0.4) is 0 Å². The first-order valence-electron chi connectivity index (χ1n) is 12.5. The maximum absolute atomic E-state index is 12.2. The second kappa shape index (κ2) is 18.8. The average molecular weight is 437 g/mol. The van der Waals surface area contributed by atoms with E-state index in [0.717, 1.165) is 38.5 Å². The summed E-state index contributed by atoms with van der Waals surface area (Å²) in [4.78, 5) is 10.0. The van der Waals surface area contributed by atoms with Crippen LogP contribution in [0.5, 0.6) is 0 Å². The summed E-state index contributed by atoms with van der Waals surface area (Å²) in [6.45, 7) is 23.2. The first-order valence-corrected chi connectivity index (χ1v) is 14.3. The number of hydrogen-bond donors (Lipinski definition) is 1. The summed E-state index contributed by atoms with van der Waals surface area (Å²) in [5.74, 6) is 0.743. The minimum atomic E-state index is -3.40. The highest BCUT2D eigenvalue weighted by Gasteiger charge is 2.25. The van der Waals surface area contributed by atoms with Crippen LogP contribution in [0, 0.1) is 11.8 Å². The van der Waals surface area contributed by atoms with Crippen LogP contribution in [0.4, 0.5) is 0 Å². The molecule has 5 heteroatoms. The van der Waals surface area contributed by atoms with E-state index in [1.165, 1.54) is 43.5 Å². The molecule has 0 aromatic heterocycles. The zero-order chi connectivity index (χ0) is 22.8. The van der Waals surface area contributed by atoms with Crippen LogP contribution in [-0.2, 0) is 9.09 Å². The Morgan fingerprint density at radius 2 is 1.17 bits per heavy atom. The van der Waals surface area contributed by atoms with Gasteiger partial charge in [-0.05, 0) is 52.4 Å². The Labute approximate surface area is 183 Å². The first-order chi connectivity index (χ1) is 13.7. The van der Waals surface area contributed by atoms with Gasteiger partial charge in [-0.1, -0.05) is 66.2 Å². The molecule has 1 N–H and O–H groups in total. The van der Waals surface area contributed by atoms with Crippen molar-refractivity contribution >= 4 is 7.60 Å². The van der Waals surface area contributed by atoms with Crippen molar-refractivity contribution in [2.75, 3.05) is 38.9 Å². The van der Waals surface area contributed by atoms with Crippen molar-refractivity contribution in [1.29, 1.82) is 0 Å². The maximum atomic E-state index is 12.2. The van der Waals surface area contributed by atoms with Crippen LogP contribution in [-0.4, -0.2) is 48.3 Å². The Morgan fingerprint density at radius 1 is 0.759 bits per heavy atom. The summed E-state index contributed by atoms with van der Waals surface area (Å²) in [5, 5.41) is 0. The van der Waals surface area contributed by atoms with Crippen LogP contribution in [0.2, 0.25) is 0 Å². The second-order valence-electron chi connectivity index (χ2n) is 8.56. The molecule has 0 aliphatic rings. The molecule has 0 radical (unpaired) electrons. The fourth-order valence-corrected chi connectivity index (χ4v) is 5.40. The van der Waals surface area contributed by atoms with Gasteiger partial charge in [-0.2, -0.15) is 0 Å². The molecular weight excluding hydrogens is 381 g/mol. The molecule has 0 spiro atoms. The number of hydrogen-bond acceptors (Lipinski definition) is 2. The molecule has 0 aliphatic heterocycles. The van der Waals surface area contributed by atoms with Gasteiger partial charge in [0.15, 0.2) is 0 Å². The third-order valence-electron chi connectivity index (χ3n) is 6.77. The highest BCUT2D eigenvalue weighted by molar-refractivity contribution is 7.52. The van der Waals surface area contributed by atoms with Crippen molar-refractivity contribution in [3.8, 4) is 0 Å². The predicted molar refractivity (Wildman–Crippen MR) is 130 cm³/mol. The quantitative estimate of drug-likeness (QED) is 0.190. The number of rotatable bonds is 17. The fraction of sp³-hybridized carbons (Fsp3) is 1.00. The van der Waals surface area contributed by atoms with Crippen LogP contribution < -0.4 is 0 Å². The van der Waals surface area contributed by atoms with Gasteiger partial charge in [0.25, 0.3) is 0 Å². The highest BCUT2D eigenvalue weighted by Crippen LogP contribution is 2.46. The van der Waals surface area contributed by atoms with E-state index in [1.807, 2.05) is 0 Å². The summed E-state index contributed by atoms with van der Waals surface area (Å²) in [5.41, 5.74) is 0. The molecule has 0 heterocycles. The van der Waals surface area contributed by atoms with Gasteiger partial charge in [0, 0.05) is 0 Å². The molecule has 0 aromatic carbocycles. The van der Waals surface area contributed by atoms with Gasteiger partial charge in [0.05, 0.1) is 38.9 Å². The van der Waals surface area contributed by atoms with E-state index in [1.54, 1.807) is 0 Å². The van der Waals surface area contributed by atoms with Crippen molar-refractivity contribution in [1.82, 2.24) is 0 Å². The zero-order valence-electron chi connectivity index (χ0n) is 21.2. The summed E-state index contributed by atoms with van der Waals surface area (Å²) in [6.07, 6.45) is 9.05. The van der Waals surface area contributed by atoms with E-state index in [-0.39, 0.29) is 0 Å². The number of unbranched alkanes of at least 4 members (excludes halogenated alkanes) is 2. The average Bonchev–Trinajstić information content (AvgIpc) is 2.73. The summed E-state index contributed by atoms with van der Waals surface area (Å²) >= 11 is 0. The van der Waals surface area contributed by atoms with Gasteiger partial charge in [0.2, 0.25) is 0 Å². The lowest BCUT2D eigenvalue weighted by Gasteiger charge is -2.34. The van der Waals surface area contributed by atoms with Gasteiger partial charge in [0.1, 0.15) is 0 Å². The Morgan fingerprint density at radius 3 is 1.48 bits per heavy atom. The predicted octanol–water partition coefficient (Wildman–Crippen LogP) is 7.50. The molecule has 0 amide bonds. The third kappa shape index (κ3) is 15.5. The molecule has 0 aliphatic carbocycles. The lowest BCUT2D eigenvalue weighted by molar-refractivity contribution is -0.921. The van der Waals surface area contributed by atoms with Crippen molar-refractivity contribution in [3.05, 3.63) is 0 Å². The molecule has 3 unspecified atom stereocenters. The van der Waals surface area contributed by atoms with E-state index in [4.69, 9.17) is 4.52 Å². The molecule has 0 saturated carbocycles. The van der Waals surface area contributed by atoms with Gasteiger partial charge in [-0.3, -0.25) is 4.57 Å². The normalized spacial score (nSPS) is 15.9. The molecule has 0 saturated heterocycles. The van der Waals surface area contributed by atoms with E-state index < -0.39 is 7.60 Å². The van der Waals surface area contributed by atoms with E-state index in [9.17, 15) is 9.46 Å². The monoisotopic (exact) mass is 436 g/mol. The smallest absolute Gasteiger partial charge is 0.325 e. The van der Waals surface area contributed by atoms with Crippen molar-refractivity contribution in [2.45, 2.75) is 107 Å². The lowest BCUT2D eigenvalue weighted by atomic mass is 10.0. The number of quaternary nitrogens is 1. The van der Waals surface area contributed by atoms with E-state index >= 15 is 0 Å². The van der Waals surface area contributed by atoms with Crippen molar-refractivity contribution in [3.63, 3.8) is 0 Å². The molecular formula is C24H55NO3P+. The Hall–Kier alpha value is 0.110. The topological polar surface area (TPSA) is 46.5 Å². The zero-order valence-corrected chi connectivity index (χ0v) is 22.1. The first kappa shape index (κ1) is 31.3. The lowest BCUT2D eigenvalue weighted by Crippen LogP contribution is -2.47. The summed E-state index contributed by atoms with van der Waals surface area (Å²) < 4.78 is 18.9. The molecule has 178 valence electrons. The fourth-order valence-electron chi connectivity index (χ4n) is 3.76. The molecule has 0 fully saturated rings. The molecule has 0 aromatic rings. The van der Waals surface area contributed by atoms with Crippen LogP contribution >= 0.6 is 7.60 Å². The van der Waals surface area contributed by atoms with E-state index in [0.29, 0.717) is 24.6 Å². The largest absolute Gasteiger partial charge is 0.328 e.